The van der Waals surface area contributed by atoms with Gasteiger partial charge in [-0.05, 0) is 56.6 Å². The maximum Gasteiger partial charge on any atom is 0.330 e. The third-order valence-electron chi connectivity index (χ3n) is 5.66. The largest absolute Gasteiger partial charge is 0.411 e. The van der Waals surface area contributed by atoms with Gasteiger partial charge < -0.3 is 26.7 Å². The van der Waals surface area contributed by atoms with Crippen LogP contribution in [0.25, 0.3) is 0 Å². The molecule has 0 radical (unpaired) electrons. The maximum absolute atomic E-state index is 12.4. The van der Waals surface area contributed by atoms with Gasteiger partial charge in [0.25, 0.3) is 0 Å². The topological polar surface area (TPSA) is 164 Å². The Hall–Kier alpha value is -2.94. The fourth-order valence-corrected chi connectivity index (χ4v) is 3.71. The molecule has 0 aliphatic heterocycles. The minimum Gasteiger partial charge on any atom is -0.411 e. The van der Waals surface area contributed by atoms with Crippen LogP contribution in [0.3, 0.4) is 0 Å². The Labute approximate surface area is 182 Å². The molecule has 0 amide bonds. The van der Waals surface area contributed by atoms with Crippen LogP contribution in [0.2, 0.25) is 0 Å². The summed E-state index contributed by atoms with van der Waals surface area (Å²) in [7, 11) is 0. The van der Waals surface area contributed by atoms with Gasteiger partial charge >= 0.3 is 11.9 Å². The molecule has 0 bridgehead atoms. The van der Waals surface area contributed by atoms with Crippen molar-refractivity contribution < 1.29 is 19.5 Å². The summed E-state index contributed by atoms with van der Waals surface area (Å²) in [4.78, 5) is 24.4. The van der Waals surface area contributed by atoms with Crippen molar-refractivity contribution in [2.24, 2.45) is 22.5 Å². The lowest BCUT2D eigenvalue weighted by Crippen LogP contribution is -2.36. The minimum atomic E-state index is -0.912. The van der Waals surface area contributed by atoms with Crippen LogP contribution in [0.15, 0.2) is 29.4 Å². The van der Waals surface area contributed by atoms with Gasteiger partial charge in [0.05, 0.1) is 11.6 Å². The normalized spacial score (nSPS) is 19.4. The van der Waals surface area contributed by atoms with E-state index in [9.17, 15) is 14.8 Å². The molecule has 0 aromatic heterocycles. The Morgan fingerprint density at radius 2 is 2.00 bits per heavy atom. The van der Waals surface area contributed by atoms with Crippen molar-refractivity contribution in [2.45, 2.75) is 63.8 Å². The Morgan fingerprint density at radius 3 is 2.65 bits per heavy atom. The zero-order valence-electron chi connectivity index (χ0n) is 18.0. The fraction of sp³-hybridized carbons (Fsp3) is 0.545. The molecule has 1 fully saturated rings. The molecule has 170 valence electrons. The average Bonchev–Trinajstić information content (AvgIpc) is 2.76. The van der Waals surface area contributed by atoms with Crippen LogP contribution in [0, 0.1) is 11.3 Å². The number of nitrogens with one attached hydrogen (secondary N) is 2. The molecular formula is C22H33N5O4. The number of benzene rings is 1. The number of ether oxygens (including phenoxy) is 1. The number of esters is 2. The quantitative estimate of drug-likeness (QED) is 0.0759. The van der Waals surface area contributed by atoms with Crippen molar-refractivity contribution >= 4 is 23.6 Å². The van der Waals surface area contributed by atoms with E-state index in [-0.39, 0.29) is 11.9 Å². The number of rotatable bonds is 9. The molecule has 1 aromatic rings. The summed E-state index contributed by atoms with van der Waals surface area (Å²) in [5.41, 5.74) is 13.7. The first kappa shape index (κ1) is 24.3. The number of hydrogen-bond acceptors (Lipinski definition) is 7. The number of hydrogen-bond donors (Lipinski definition) is 5. The summed E-state index contributed by atoms with van der Waals surface area (Å²) in [6.07, 6.45) is 5.67. The van der Waals surface area contributed by atoms with Crippen molar-refractivity contribution in [2.75, 3.05) is 6.54 Å². The number of carbonyl (C=O) groups excluding carboxylic acids is 2. The molecule has 1 saturated carbocycles. The summed E-state index contributed by atoms with van der Waals surface area (Å²) < 4.78 is 4.95. The molecule has 31 heavy (non-hydrogen) atoms. The molecular weight excluding hydrogens is 398 g/mol. The highest BCUT2D eigenvalue weighted by molar-refractivity contribution is 5.91. The van der Waals surface area contributed by atoms with E-state index in [0.29, 0.717) is 19.4 Å². The standard InChI is InChI=1S/C22H33N5O4/c1-14(20(28)31-21(29)18(23)6-4-12-26-22(24)25)16-10-8-15(9-11-16)13-17-5-2-3-7-19(17)27-30/h8-11,14,17-18,30H,2-7,12-13,23H2,1H3,(H4,24,25,26)/t14?,17?,18-/m0/s1. The van der Waals surface area contributed by atoms with Crippen LogP contribution in [0.1, 0.15) is 62.5 Å². The van der Waals surface area contributed by atoms with E-state index in [2.05, 4.69) is 10.5 Å². The summed E-state index contributed by atoms with van der Waals surface area (Å²) in [6.45, 7) is 2.10. The second kappa shape index (κ2) is 12.0. The lowest BCUT2D eigenvalue weighted by Gasteiger charge is -2.23. The van der Waals surface area contributed by atoms with E-state index < -0.39 is 23.9 Å². The van der Waals surface area contributed by atoms with Gasteiger partial charge in [0, 0.05) is 12.5 Å². The molecule has 9 heteroatoms. The SMILES string of the molecule is CC(C(=O)OC(=O)[C@@H](N)CCCNC(=N)N)c1ccc(CC2CCCCC2=NO)cc1. The number of oxime groups is 1. The molecule has 1 aliphatic carbocycles. The molecule has 3 atom stereocenters. The first-order valence-corrected chi connectivity index (χ1v) is 10.7. The third kappa shape index (κ3) is 7.67. The number of nitrogens with two attached hydrogens (primary N) is 2. The average molecular weight is 432 g/mol. The van der Waals surface area contributed by atoms with Crippen LogP contribution in [0.5, 0.6) is 0 Å². The Bertz CT molecular complexity index is 794. The molecule has 0 saturated heterocycles. The van der Waals surface area contributed by atoms with Crippen molar-refractivity contribution in [1.82, 2.24) is 5.32 Å². The van der Waals surface area contributed by atoms with E-state index in [1.54, 1.807) is 6.92 Å². The molecule has 2 unspecified atom stereocenters. The first-order valence-electron chi connectivity index (χ1n) is 10.7. The van der Waals surface area contributed by atoms with Crippen molar-refractivity contribution in [3.63, 3.8) is 0 Å². The minimum absolute atomic E-state index is 0.146. The van der Waals surface area contributed by atoms with Crippen molar-refractivity contribution in [1.29, 1.82) is 5.41 Å². The zero-order chi connectivity index (χ0) is 22.8. The van der Waals surface area contributed by atoms with E-state index in [0.717, 1.165) is 48.9 Å². The molecule has 7 N–H and O–H groups in total. The Balaban J connectivity index is 1.84. The predicted molar refractivity (Wildman–Crippen MR) is 118 cm³/mol. The van der Waals surface area contributed by atoms with Gasteiger partial charge in [0.15, 0.2) is 5.96 Å². The monoisotopic (exact) mass is 431 g/mol. The van der Waals surface area contributed by atoms with Gasteiger partial charge in [0.2, 0.25) is 0 Å². The van der Waals surface area contributed by atoms with Gasteiger partial charge in [-0.2, -0.15) is 0 Å². The van der Waals surface area contributed by atoms with Gasteiger partial charge in [-0.3, -0.25) is 10.2 Å². The lowest BCUT2D eigenvalue weighted by atomic mass is 9.83. The molecule has 1 aromatic carbocycles. The fourth-order valence-electron chi connectivity index (χ4n) is 3.71. The van der Waals surface area contributed by atoms with Crippen LogP contribution in [-0.2, 0) is 20.7 Å². The van der Waals surface area contributed by atoms with Crippen LogP contribution in [-0.4, -0.2) is 41.4 Å². The van der Waals surface area contributed by atoms with E-state index in [1.807, 2.05) is 24.3 Å². The highest BCUT2D eigenvalue weighted by atomic mass is 16.6. The lowest BCUT2D eigenvalue weighted by molar-refractivity contribution is -0.161. The van der Waals surface area contributed by atoms with Gasteiger partial charge in [-0.25, -0.2) is 4.79 Å². The van der Waals surface area contributed by atoms with E-state index in [1.165, 1.54) is 0 Å². The number of guanidine groups is 1. The van der Waals surface area contributed by atoms with Gasteiger partial charge in [-0.15, -0.1) is 0 Å². The molecule has 2 rings (SSSR count). The van der Waals surface area contributed by atoms with Crippen molar-refractivity contribution in [3.8, 4) is 0 Å². The third-order valence-corrected chi connectivity index (χ3v) is 5.66. The van der Waals surface area contributed by atoms with Crippen LogP contribution < -0.4 is 16.8 Å². The smallest absolute Gasteiger partial charge is 0.330 e. The van der Waals surface area contributed by atoms with E-state index in [4.69, 9.17) is 21.6 Å². The van der Waals surface area contributed by atoms with Gasteiger partial charge in [0.1, 0.15) is 6.04 Å². The predicted octanol–water partition coefficient (Wildman–Crippen LogP) is 2.01. The Kier molecular flexibility index (Phi) is 9.45. The van der Waals surface area contributed by atoms with Gasteiger partial charge in [-0.1, -0.05) is 35.8 Å². The molecule has 9 nitrogen and oxygen atoms in total. The zero-order valence-corrected chi connectivity index (χ0v) is 18.0. The Morgan fingerprint density at radius 1 is 1.29 bits per heavy atom. The highest BCUT2D eigenvalue weighted by Gasteiger charge is 2.24. The van der Waals surface area contributed by atoms with Crippen LogP contribution in [0.4, 0.5) is 0 Å². The van der Waals surface area contributed by atoms with Crippen LogP contribution >= 0.6 is 0 Å². The summed E-state index contributed by atoms with van der Waals surface area (Å²) in [5.74, 6) is -1.90. The maximum atomic E-state index is 12.4. The number of nitrogens with zero attached hydrogens (tertiary/aromatic N) is 1. The van der Waals surface area contributed by atoms with E-state index >= 15 is 0 Å². The molecule has 0 spiro atoms. The molecule has 1 aliphatic rings. The second-order valence-corrected chi connectivity index (χ2v) is 8.03. The van der Waals surface area contributed by atoms with Crippen molar-refractivity contribution in [3.05, 3.63) is 35.4 Å². The molecule has 0 heterocycles. The second-order valence-electron chi connectivity index (χ2n) is 8.03. The summed E-state index contributed by atoms with van der Waals surface area (Å²) in [6, 6.07) is 6.72. The first-order chi connectivity index (χ1) is 14.8. The number of carbonyl (C=O) groups is 2. The summed E-state index contributed by atoms with van der Waals surface area (Å²) >= 11 is 0. The highest BCUT2D eigenvalue weighted by Crippen LogP contribution is 2.26. The summed E-state index contributed by atoms with van der Waals surface area (Å²) in [5, 5.41) is 22.3.